The number of rotatable bonds is 4. The summed E-state index contributed by atoms with van der Waals surface area (Å²) in [6, 6.07) is 9.19. The van der Waals surface area contributed by atoms with Crippen molar-refractivity contribution < 1.29 is 4.74 Å². The highest BCUT2D eigenvalue weighted by Crippen LogP contribution is 2.42. The van der Waals surface area contributed by atoms with Crippen molar-refractivity contribution in [3.63, 3.8) is 0 Å². The van der Waals surface area contributed by atoms with E-state index >= 15 is 0 Å². The molecule has 1 aliphatic carbocycles. The molecular weight excluding hydrogens is 248 g/mol. The SMILES string of the molecule is COCc1ccccc1N1CC(C)(C2CC2)NCC1C. The van der Waals surface area contributed by atoms with Crippen LogP contribution in [0, 0.1) is 5.92 Å². The van der Waals surface area contributed by atoms with Gasteiger partial charge in [-0.3, -0.25) is 0 Å². The van der Waals surface area contributed by atoms with Gasteiger partial charge in [-0.2, -0.15) is 0 Å². The number of piperazine rings is 1. The fraction of sp³-hybridized carbons (Fsp3) is 0.647. The van der Waals surface area contributed by atoms with E-state index in [2.05, 4.69) is 48.3 Å². The minimum Gasteiger partial charge on any atom is -0.380 e. The molecule has 1 heterocycles. The number of hydrogen-bond acceptors (Lipinski definition) is 3. The minimum atomic E-state index is 0.271. The molecule has 3 heteroatoms. The molecule has 2 atom stereocenters. The number of para-hydroxylation sites is 1. The first-order chi connectivity index (χ1) is 9.64. The second-order valence-electron chi connectivity index (χ2n) is 6.61. The lowest BCUT2D eigenvalue weighted by atomic mass is 9.90. The fourth-order valence-corrected chi connectivity index (χ4v) is 3.44. The van der Waals surface area contributed by atoms with Crippen molar-refractivity contribution in [3.05, 3.63) is 29.8 Å². The molecule has 2 aliphatic rings. The van der Waals surface area contributed by atoms with E-state index in [1.807, 2.05) is 0 Å². The van der Waals surface area contributed by atoms with Gasteiger partial charge in [0, 0.05) is 43.0 Å². The summed E-state index contributed by atoms with van der Waals surface area (Å²) in [5.41, 5.74) is 2.91. The van der Waals surface area contributed by atoms with Crippen LogP contribution in [-0.2, 0) is 11.3 Å². The second-order valence-corrected chi connectivity index (χ2v) is 6.61. The van der Waals surface area contributed by atoms with E-state index in [0.717, 1.165) is 19.0 Å². The summed E-state index contributed by atoms with van der Waals surface area (Å²) in [5.74, 6) is 0.854. The Kier molecular flexibility index (Phi) is 3.74. The molecule has 0 radical (unpaired) electrons. The van der Waals surface area contributed by atoms with Crippen molar-refractivity contribution >= 4 is 5.69 Å². The third kappa shape index (κ3) is 2.57. The van der Waals surface area contributed by atoms with Gasteiger partial charge in [0.25, 0.3) is 0 Å². The zero-order valence-corrected chi connectivity index (χ0v) is 12.9. The average molecular weight is 274 g/mol. The Hall–Kier alpha value is -1.06. The summed E-state index contributed by atoms with van der Waals surface area (Å²) >= 11 is 0. The lowest BCUT2D eigenvalue weighted by Crippen LogP contribution is -2.63. The molecule has 0 aromatic heterocycles. The number of benzene rings is 1. The van der Waals surface area contributed by atoms with Gasteiger partial charge in [0.1, 0.15) is 0 Å². The van der Waals surface area contributed by atoms with E-state index in [9.17, 15) is 0 Å². The lowest BCUT2D eigenvalue weighted by molar-refractivity contribution is 0.184. The number of nitrogens with zero attached hydrogens (tertiary/aromatic N) is 1. The Morgan fingerprint density at radius 3 is 2.80 bits per heavy atom. The third-order valence-electron chi connectivity index (χ3n) is 4.91. The average Bonchev–Trinajstić information content (AvgIpc) is 3.28. The van der Waals surface area contributed by atoms with Crippen molar-refractivity contribution in [1.82, 2.24) is 5.32 Å². The van der Waals surface area contributed by atoms with Gasteiger partial charge in [-0.25, -0.2) is 0 Å². The Morgan fingerprint density at radius 1 is 1.35 bits per heavy atom. The zero-order chi connectivity index (χ0) is 14.2. The van der Waals surface area contributed by atoms with Gasteiger partial charge in [-0.1, -0.05) is 18.2 Å². The van der Waals surface area contributed by atoms with Gasteiger partial charge in [-0.05, 0) is 38.7 Å². The monoisotopic (exact) mass is 274 g/mol. The maximum Gasteiger partial charge on any atom is 0.0733 e. The number of ether oxygens (including phenoxy) is 1. The largest absolute Gasteiger partial charge is 0.380 e. The summed E-state index contributed by atoms with van der Waals surface area (Å²) in [7, 11) is 1.77. The van der Waals surface area contributed by atoms with Crippen LogP contribution in [0.4, 0.5) is 5.69 Å². The van der Waals surface area contributed by atoms with Crippen LogP contribution in [0.2, 0.25) is 0 Å². The van der Waals surface area contributed by atoms with Crippen LogP contribution in [0.25, 0.3) is 0 Å². The molecule has 2 unspecified atom stereocenters. The van der Waals surface area contributed by atoms with Crippen molar-refractivity contribution in [3.8, 4) is 0 Å². The topological polar surface area (TPSA) is 24.5 Å². The molecule has 1 aliphatic heterocycles. The van der Waals surface area contributed by atoms with E-state index < -0.39 is 0 Å². The smallest absolute Gasteiger partial charge is 0.0733 e. The molecule has 1 saturated heterocycles. The zero-order valence-electron chi connectivity index (χ0n) is 12.9. The molecule has 0 bridgehead atoms. The fourth-order valence-electron chi connectivity index (χ4n) is 3.44. The molecule has 0 spiro atoms. The molecule has 3 rings (SSSR count). The highest BCUT2D eigenvalue weighted by atomic mass is 16.5. The molecule has 20 heavy (non-hydrogen) atoms. The molecule has 1 aromatic rings. The van der Waals surface area contributed by atoms with Gasteiger partial charge in [0.15, 0.2) is 0 Å². The van der Waals surface area contributed by atoms with Crippen LogP contribution in [0.1, 0.15) is 32.3 Å². The normalized spacial score (nSPS) is 30.6. The quantitative estimate of drug-likeness (QED) is 0.913. The van der Waals surface area contributed by atoms with E-state index in [1.165, 1.54) is 24.1 Å². The molecule has 3 nitrogen and oxygen atoms in total. The molecular formula is C17H26N2O. The summed E-state index contributed by atoms with van der Waals surface area (Å²) < 4.78 is 5.36. The number of anilines is 1. The summed E-state index contributed by atoms with van der Waals surface area (Å²) in [6.07, 6.45) is 2.76. The number of methoxy groups -OCH3 is 1. The Bertz CT molecular complexity index is 472. The third-order valence-corrected chi connectivity index (χ3v) is 4.91. The lowest BCUT2D eigenvalue weighted by Gasteiger charge is -2.47. The maximum absolute atomic E-state index is 5.36. The van der Waals surface area contributed by atoms with Crippen LogP contribution in [0.15, 0.2) is 24.3 Å². The number of hydrogen-bond donors (Lipinski definition) is 1. The van der Waals surface area contributed by atoms with Gasteiger partial charge in [-0.15, -0.1) is 0 Å². The Balaban J connectivity index is 1.87. The van der Waals surface area contributed by atoms with Crippen molar-refractivity contribution in [2.75, 3.05) is 25.1 Å². The highest BCUT2D eigenvalue weighted by molar-refractivity contribution is 5.55. The highest BCUT2D eigenvalue weighted by Gasteiger charge is 2.45. The molecule has 110 valence electrons. The van der Waals surface area contributed by atoms with Gasteiger partial charge >= 0.3 is 0 Å². The Morgan fingerprint density at radius 2 is 2.10 bits per heavy atom. The van der Waals surface area contributed by atoms with Crippen LogP contribution < -0.4 is 10.2 Å². The molecule has 1 saturated carbocycles. The van der Waals surface area contributed by atoms with Crippen LogP contribution in [0.5, 0.6) is 0 Å². The first-order valence-corrected chi connectivity index (χ1v) is 7.72. The van der Waals surface area contributed by atoms with Crippen LogP contribution in [-0.4, -0.2) is 31.8 Å². The minimum absolute atomic E-state index is 0.271. The molecule has 0 amide bonds. The van der Waals surface area contributed by atoms with Gasteiger partial charge < -0.3 is 15.0 Å². The molecule has 1 N–H and O–H groups in total. The summed E-state index contributed by atoms with van der Waals surface area (Å²) in [5, 5.41) is 3.79. The van der Waals surface area contributed by atoms with Crippen LogP contribution >= 0.6 is 0 Å². The number of nitrogens with one attached hydrogen (secondary N) is 1. The van der Waals surface area contributed by atoms with Gasteiger partial charge in [0.05, 0.1) is 6.61 Å². The van der Waals surface area contributed by atoms with Crippen LogP contribution in [0.3, 0.4) is 0 Å². The first kappa shape index (κ1) is 13.9. The second kappa shape index (κ2) is 5.38. The predicted molar refractivity (Wildman–Crippen MR) is 83.1 cm³/mol. The Labute approximate surface area is 122 Å². The predicted octanol–water partition coefficient (Wildman–Crippen LogP) is 2.80. The van der Waals surface area contributed by atoms with E-state index in [0.29, 0.717) is 12.6 Å². The van der Waals surface area contributed by atoms with Crippen molar-refractivity contribution in [1.29, 1.82) is 0 Å². The van der Waals surface area contributed by atoms with Gasteiger partial charge in [0.2, 0.25) is 0 Å². The maximum atomic E-state index is 5.36. The van der Waals surface area contributed by atoms with E-state index in [4.69, 9.17) is 4.74 Å². The van der Waals surface area contributed by atoms with Crippen molar-refractivity contribution in [2.24, 2.45) is 5.92 Å². The standard InChI is InChI=1S/C17H26N2O/c1-13-10-18-17(2,15-8-9-15)12-19(13)16-7-5-4-6-14(16)11-20-3/h4-7,13,15,18H,8-12H2,1-3H3. The molecule has 1 aromatic carbocycles. The van der Waals surface area contributed by atoms with E-state index in [1.54, 1.807) is 7.11 Å². The summed E-state index contributed by atoms with van der Waals surface area (Å²) in [4.78, 5) is 2.57. The van der Waals surface area contributed by atoms with Crippen molar-refractivity contribution in [2.45, 2.75) is 44.9 Å². The molecule has 2 fully saturated rings. The first-order valence-electron chi connectivity index (χ1n) is 7.72. The van der Waals surface area contributed by atoms with E-state index in [-0.39, 0.29) is 5.54 Å². The summed E-state index contributed by atoms with van der Waals surface area (Å²) in [6.45, 7) is 7.55.